The molecule has 0 radical (unpaired) electrons. The lowest BCUT2D eigenvalue weighted by atomic mass is 10.0. The zero-order valence-corrected chi connectivity index (χ0v) is 24.4. The summed E-state index contributed by atoms with van der Waals surface area (Å²) in [6, 6.07) is 17.4. The van der Waals surface area contributed by atoms with Crippen LogP contribution in [0, 0.1) is 11.6 Å². The summed E-state index contributed by atoms with van der Waals surface area (Å²) in [6.45, 7) is 0.559. The number of ether oxygens (including phenoxy) is 2. The minimum atomic E-state index is -0.978. The average Bonchev–Trinajstić information content (AvgIpc) is 3.33. The Morgan fingerprint density at radius 3 is 2.35 bits per heavy atom. The zero-order chi connectivity index (χ0) is 30.8. The summed E-state index contributed by atoms with van der Waals surface area (Å²) in [5.74, 6) is -2.14. The number of carbonyl (C=O) groups excluding carboxylic acids is 1. The van der Waals surface area contributed by atoms with Gasteiger partial charge in [-0.2, -0.15) is 4.39 Å². The van der Waals surface area contributed by atoms with Crippen molar-refractivity contribution in [3.05, 3.63) is 95.2 Å². The predicted octanol–water partition coefficient (Wildman–Crippen LogP) is 6.82. The summed E-state index contributed by atoms with van der Waals surface area (Å²) >= 11 is 0. The molecule has 0 aliphatic heterocycles. The van der Waals surface area contributed by atoms with Crippen LogP contribution in [0.1, 0.15) is 42.4 Å². The van der Waals surface area contributed by atoms with E-state index in [0.29, 0.717) is 44.5 Å². The first-order valence-electron chi connectivity index (χ1n) is 14.2. The highest BCUT2D eigenvalue weighted by Gasteiger charge is 2.14. The van der Waals surface area contributed by atoms with E-state index in [-0.39, 0.29) is 24.8 Å². The lowest BCUT2D eigenvalue weighted by Gasteiger charge is -2.09. The summed E-state index contributed by atoms with van der Waals surface area (Å²) < 4.78 is 39.8. The Kier molecular flexibility index (Phi) is 10.9. The number of benzene rings is 3. The molecule has 9 heteroatoms. The molecule has 4 rings (SSSR count). The molecule has 3 aromatic carbocycles. The number of carboxylic acid groups (broad SMARTS) is 1. The van der Waals surface area contributed by atoms with E-state index in [0.717, 1.165) is 33.7 Å². The number of para-hydroxylation sites is 1. The standard InChI is InChI=1S/C34H36F2N2O5/c1-37(2)31(39)13-6-9-26-22-38(23-32(40)41)34-25(8-5-10-28(26)34)17-14-24-15-18-27(19-16-24)42-20-3-4-21-43-30-12-7-11-29(35)33(30)36/h5,7-8,10-12,14-19,22H,3-4,6,9,13,20-21,23H2,1-2H3,(H,40,41). The van der Waals surface area contributed by atoms with Gasteiger partial charge in [-0.3, -0.25) is 9.59 Å². The number of carboxylic acids is 1. The first-order chi connectivity index (χ1) is 20.7. The topological polar surface area (TPSA) is 81.0 Å². The molecule has 1 heterocycles. The number of unbranched alkanes of at least 4 members (excludes halogenated alkanes) is 1. The molecule has 0 fully saturated rings. The van der Waals surface area contributed by atoms with Crippen molar-refractivity contribution in [2.24, 2.45) is 0 Å². The second kappa shape index (κ2) is 15.0. The van der Waals surface area contributed by atoms with E-state index in [2.05, 4.69) is 0 Å². The number of aliphatic carboxylic acids is 1. The van der Waals surface area contributed by atoms with E-state index < -0.39 is 17.6 Å². The van der Waals surface area contributed by atoms with E-state index in [1.807, 2.05) is 60.8 Å². The van der Waals surface area contributed by atoms with Crippen molar-refractivity contribution >= 4 is 34.9 Å². The number of carbonyl (C=O) groups is 2. The maximum absolute atomic E-state index is 13.6. The Balaban J connectivity index is 1.34. The SMILES string of the molecule is CN(C)C(=O)CCCc1cn(CC(=O)O)c2c(C=Cc3ccc(OCCCCOc4cccc(F)c4F)cc3)cccc12. The maximum atomic E-state index is 13.6. The molecule has 0 atom stereocenters. The third-order valence-corrected chi connectivity index (χ3v) is 6.97. The number of aryl methyl sites for hydroxylation is 1. The second-order valence-corrected chi connectivity index (χ2v) is 10.4. The first-order valence-corrected chi connectivity index (χ1v) is 14.2. The Morgan fingerprint density at radius 2 is 1.63 bits per heavy atom. The van der Waals surface area contributed by atoms with Gasteiger partial charge in [0.15, 0.2) is 11.6 Å². The molecule has 43 heavy (non-hydrogen) atoms. The molecule has 226 valence electrons. The van der Waals surface area contributed by atoms with Crippen molar-refractivity contribution < 1.29 is 33.0 Å². The van der Waals surface area contributed by atoms with Gasteiger partial charge in [-0.05, 0) is 66.6 Å². The summed E-state index contributed by atoms with van der Waals surface area (Å²) in [5.41, 5.74) is 3.72. The summed E-state index contributed by atoms with van der Waals surface area (Å²) in [5, 5.41) is 10.5. The lowest BCUT2D eigenvalue weighted by molar-refractivity contribution is -0.137. The van der Waals surface area contributed by atoms with Gasteiger partial charge in [0.25, 0.3) is 0 Å². The Hall–Kier alpha value is -4.66. The van der Waals surface area contributed by atoms with Crippen LogP contribution in [0.2, 0.25) is 0 Å². The highest BCUT2D eigenvalue weighted by molar-refractivity contribution is 5.94. The normalized spacial score (nSPS) is 11.3. The van der Waals surface area contributed by atoms with Crippen molar-refractivity contribution in [1.29, 1.82) is 0 Å². The number of hydrogen-bond acceptors (Lipinski definition) is 4. The maximum Gasteiger partial charge on any atom is 0.323 e. The zero-order valence-electron chi connectivity index (χ0n) is 24.4. The van der Waals surface area contributed by atoms with E-state index >= 15 is 0 Å². The Labute approximate surface area is 250 Å². The summed E-state index contributed by atoms with van der Waals surface area (Å²) in [4.78, 5) is 25.2. The van der Waals surface area contributed by atoms with Gasteiger partial charge in [0.1, 0.15) is 12.3 Å². The second-order valence-electron chi connectivity index (χ2n) is 10.4. The number of amides is 1. The molecular weight excluding hydrogens is 554 g/mol. The van der Waals surface area contributed by atoms with Crippen LogP contribution in [0.5, 0.6) is 11.5 Å². The number of nitrogens with zero attached hydrogens (tertiary/aromatic N) is 2. The average molecular weight is 591 g/mol. The fourth-order valence-corrected chi connectivity index (χ4v) is 4.75. The van der Waals surface area contributed by atoms with Gasteiger partial charge in [-0.1, -0.05) is 48.6 Å². The van der Waals surface area contributed by atoms with Crippen LogP contribution in [-0.4, -0.2) is 53.8 Å². The number of rotatable bonds is 15. The monoisotopic (exact) mass is 590 g/mol. The van der Waals surface area contributed by atoms with Crippen LogP contribution < -0.4 is 9.47 Å². The van der Waals surface area contributed by atoms with Gasteiger partial charge in [0.05, 0.1) is 18.7 Å². The summed E-state index contributed by atoms with van der Waals surface area (Å²) in [7, 11) is 3.48. The van der Waals surface area contributed by atoms with Crippen molar-refractivity contribution in [3.8, 4) is 11.5 Å². The van der Waals surface area contributed by atoms with Crippen molar-refractivity contribution in [2.45, 2.75) is 38.6 Å². The van der Waals surface area contributed by atoms with E-state index in [1.54, 1.807) is 23.6 Å². The van der Waals surface area contributed by atoms with E-state index in [1.165, 1.54) is 12.1 Å². The molecule has 7 nitrogen and oxygen atoms in total. The van der Waals surface area contributed by atoms with Crippen molar-refractivity contribution in [2.75, 3.05) is 27.3 Å². The Bertz CT molecular complexity index is 1580. The minimum absolute atomic E-state index is 0.0689. The predicted molar refractivity (Wildman–Crippen MR) is 163 cm³/mol. The molecule has 0 aliphatic rings. The smallest absolute Gasteiger partial charge is 0.323 e. The van der Waals surface area contributed by atoms with E-state index in [4.69, 9.17) is 9.47 Å². The van der Waals surface area contributed by atoms with Gasteiger partial charge < -0.3 is 24.0 Å². The summed E-state index contributed by atoms with van der Waals surface area (Å²) in [6.07, 6.45) is 8.93. The van der Waals surface area contributed by atoms with Gasteiger partial charge >= 0.3 is 5.97 Å². The van der Waals surface area contributed by atoms with E-state index in [9.17, 15) is 23.5 Å². The molecule has 1 amide bonds. The highest BCUT2D eigenvalue weighted by Crippen LogP contribution is 2.28. The molecule has 0 saturated carbocycles. The molecule has 1 N–H and O–H groups in total. The van der Waals surface area contributed by atoms with Gasteiger partial charge in [0, 0.05) is 32.1 Å². The van der Waals surface area contributed by atoms with Crippen LogP contribution in [-0.2, 0) is 22.6 Å². The molecule has 1 aromatic heterocycles. The molecule has 0 unspecified atom stereocenters. The number of fused-ring (bicyclic) bond motifs is 1. The van der Waals surface area contributed by atoms with Gasteiger partial charge in [0.2, 0.25) is 11.7 Å². The van der Waals surface area contributed by atoms with Gasteiger partial charge in [-0.25, -0.2) is 4.39 Å². The highest BCUT2D eigenvalue weighted by atomic mass is 19.2. The molecule has 0 saturated heterocycles. The molecule has 0 aliphatic carbocycles. The third kappa shape index (κ3) is 8.67. The fraction of sp³-hybridized carbons (Fsp3) is 0.294. The number of halogens is 2. The fourth-order valence-electron chi connectivity index (χ4n) is 4.75. The van der Waals surface area contributed by atoms with Crippen LogP contribution in [0.15, 0.2) is 66.9 Å². The molecule has 4 aromatic rings. The van der Waals surface area contributed by atoms with Crippen molar-refractivity contribution in [3.63, 3.8) is 0 Å². The largest absolute Gasteiger partial charge is 0.494 e. The number of hydrogen-bond donors (Lipinski definition) is 1. The van der Waals surface area contributed by atoms with Crippen LogP contribution in [0.3, 0.4) is 0 Å². The molecule has 0 bridgehead atoms. The Morgan fingerprint density at radius 1 is 0.907 bits per heavy atom. The lowest BCUT2D eigenvalue weighted by Crippen LogP contribution is -2.21. The molecule has 0 spiro atoms. The quantitative estimate of drug-likeness (QED) is 0.121. The first kappa shape index (κ1) is 31.3. The van der Waals surface area contributed by atoms with Crippen LogP contribution in [0.25, 0.3) is 23.1 Å². The molecular formula is C34H36F2N2O5. The van der Waals surface area contributed by atoms with Gasteiger partial charge in [-0.15, -0.1) is 0 Å². The van der Waals surface area contributed by atoms with Crippen molar-refractivity contribution in [1.82, 2.24) is 9.47 Å². The van der Waals surface area contributed by atoms with Crippen LogP contribution in [0.4, 0.5) is 8.78 Å². The van der Waals surface area contributed by atoms with Crippen LogP contribution >= 0.6 is 0 Å². The minimum Gasteiger partial charge on any atom is -0.494 e. The third-order valence-electron chi connectivity index (χ3n) is 6.97. The number of aromatic nitrogens is 1.